The Balaban J connectivity index is 2.02. The fourth-order valence-electron chi connectivity index (χ4n) is 2.68. The summed E-state index contributed by atoms with van der Waals surface area (Å²) >= 11 is 0. The Bertz CT molecular complexity index is 801. The lowest BCUT2D eigenvalue weighted by Crippen LogP contribution is -2.35. The highest BCUT2D eigenvalue weighted by atomic mass is 16.5. The third-order valence-electron chi connectivity index (χ3n) is 3.88. The molecule has 0 saturated carbocycles. The lowest BCUT2D eigenvalue weighted by Gasteiger charge is -2.26. The van der Waals surface area contributed by atoms with Crippen molar-refractivity contribution in [3.05, 3.63) is 57.8 Å². The molecule has 1 aromatic carbocycles. The molecule has 1 unspecified atom stereocenters. The van der Waals surface area contributed by atoms with Gasteiger partial charge in [-0.1, -0.05) is 37.3 Å². The second-order valence-electron chi connectivity index (χ2n) is 5.45. The molecule has 1 aliphatic rings. The number of carboxylic acid groups (broad SMARTS) is 1. The minimum atomic E-state index is -1.29. The minimum Gasteiger partial charge on any atom is -0.481 e. The van der Waals surface area contributed by atoms with Gasteiger partial charge >= 0.3 is 5.97 Å². The van der Waals surface area contributed by atoms with E-state index in [4.69, 9.17) is 9.47 Å². The number of rotatable bonds is 5. The van der Waals surface area contributed by atoms with Gasteiger partial charge in [-0.25, -0.2) is 9.78 Å². The average molecular weight is 330 g/mol. The van der Waals surface area contributed by atoms with Gasteiger partial charge in [0.05, 0.1) is 13.2 Å². The predicted octanol–water partition coefficient (Wildman–Crippen LogP) is 2.00. The van der Waals surface area contributed by atoms with Crippen LogP contribution in [0.15, 0.2) is 35.1 Å². The Morgan fingerprint density at radius 3 is 2.83 bits per heavy atom. The number of aromatic nitrogens is 2. The van der Waals surface area contributed by atoms with Crippen LogP contribution in [0.1, 0.15) is 41.3 Å². The first kappa shape index (κ1) is 16.2. The van der Waals surface area contributed by atoms with Crippen molar-refractivity contribution < 1.29 is 19.4 Å². The molecule has 0 fully saturated rings. The highest BCUT2D eigenvalue weighted by Gasteiger charge is 2.28. The zero-order chi connectivity index (χ0) is 17.1. The first-order valence-electron chi connectivity index (χ1n) is 7.78. The number of hydrogen-bond acceptors (Lipinski definition) is 5. The maximum atomic E-state index is 12.7. The molecule has 1 atom stereocenters. The summed E-state index contributed by atoms with van der Waals surface area (Å²) in [7, 11) is 0. The van der Waals surface area contributed by atoms with E-state index in [0.717, 1.165) is 5.56 Å². The molecule has 7 nitrogen and oxygen atoms in total. The van der Waals surface area contributed by atoms with Crippen molar-refractivity contribution in [1.29, 1.82) is 0 Å². The van der Waals surface area contributed by atoms with E-state index in [-0.39, 0.29) is 24.2 Å². The maximum absolute atomic E-state index is 12.7. The second kappa shape index (κ2) is 6.84. The summed E-state index contributed by atoms with van der Waals surface area (Å²) in [5, 5.41) is 9.42. The van der Waals surface area contributed by atoms with Crippen LogP contribution in [0.4, 0.5) is 0 Å². The first-order valence-corrected chi connectivity index (χ1v) is 7.78. The molecular weight excluding hydrogens is 312 g/mol. The molecule has 0 amide bonds. The first-order chi connectivity index (χ1) is 11.6. The molecular formula is C17H18N2O5. The molecule has 0 aliphatic carbocycles. The van der Waals surface area contributed by atoms with Crippen LogP contribution in [0, 0.1) is 0 Å². The van der Waals surface area contributed by atoms with Gasteiger partial charge in [-0.2, -0.15) is 0 Å². The van der Waals surface area contributed by atoms with Crippen molar-refractivity contribution in [1.82, 2.24) is 9.55 Å². The molecule has 1 aliphatic heterocycles. The van der Waals surface area contributed by atoms with E-state index in [1.807, 2.05) is 37.3 Å². The van der Waals surface area contributed by atoms with Crippen molar-refractivity contribution in [3.8, 4) is 5.75 Å². The molecule has 0 radical (unpaired) electrons. The molecule has 3 rings (SSSR count). The molecule has 0 saturated heterocycles. The molecule has 0 bridgehead atoms. The van der Waals surface area contributed by atoms with E-state index < -0.39 is 11.5 Å². The number of aromatic carboxylic acids is 1. The monoisotopic (exact) mass is 330 g/mol. The summed E-state index contributed by atoms with van der Waals surface area (Å²) in [6.07, 6.45) is 0.225. The highest BCUT2D eigenvalue weighted by molar-refractivity contribution is 5.88. The lowest BCUT2D eigenvalue weighted by atomic mass is 10.2. The molecule has 7 heteroatoms. The van der Waals surface area contributed by atoms with Gasteiger partial charge in [-0.05, 0) is 12.0 Å². The fourth-order valence-corrected chi connectivity index (χ4v) is 2.68. The Morgan fingerprint density at radius 1 is 1.42 bits per heavy atom. The second-order valence-corrected chi connectivity index (χ2v) is 5.45. The molecule has 0 spiro atoms. The number of fused-ring (bicyclic) bond motifs is 1. The maximum Gasteiger partial charge on any atom is 0.358 e. The van der Waals surface area contributed by atoms with Gasteiger partial charge < -0.3 is 14.6 Å². The third-order valence-corrected chi connectivity index (χ3v) is 3.88. The summed E-state index contributed by atoms with van der Waals surface area (Å²) in [6.45, 7) is 2.72. The van der Waals surface area contributed by atoms with Crippen LogP contribution in [0.3, 0.4) is 0 Å². The number of ether oxygens (including phenoxy) is 2. The zero-order valence-corrected chi connectivity index (χ0v) is 13.3. The van der Waals surface area contributed by atoms with Crippen molar-refractivity contribution in [2.45, 2.75) is 32.6 Å². The number of benzene rings is 1. The topological polar surface area (TPSA) is 90.7 Å². The summed E-state index contributed by atoms with van der Waals surface area (Å²) in [6, 6.07) is 9.23. The summed E-state index contributed by atoms with van der Waals surface area (Å²) in [5.41, 5.74) is -0.00746. The van der Waals surface area contributed by atoms with Crippen LogP contribution in [0.2, 0.25) is 0 Å². The van der Waals surface area contributed by atoms with Gasteiger partial charge in [0.1, 0.15) is 18.5 Å². The largest absolute Gasteiger partial charge is 0.481 e. The smallest absolute Gasteiger partial charge is 0.358 e. The molecule has 1 N–H and O–H groups in total. The Hall–Kier alpha value is -2.67. The van der Waals surface area contributed by atoms with Gasteiger partial charge in [0.15, 0.2) is 5.69 Å². The molecule has 1 aromatic heterocycles. The van der Waals surface area contributed by atoms with Crippen LogP contribution < -0.4 is 10.3 Å². The average Bonchev–Trinajstić information content (AvgIpc) is 2.61. The zero-order valence-electron chi connectivity index (χ0n) is 13.3. The molecule has 24 heavy (non-hydrogen) atoms. The van der Waals surface area contributed by atoms with Gasteiger partial charge in [-0.3, -0.25) is 9.36 Å². The lowest BCUT2D eigenvalue weighted by molar-refractivity contribution is 0.0110. The van der Waals surface area contributed by atoms with Crippen molar-refractivity contribution in [3.63, 3.8) is 0 Å². The van der Waals surface area contributed by atoms with Gasteiger partial charge in [0, 0.05) is 0 Å². The number of carboxylic acids is 1. The SMILES string of the molecule is CCC1OCCn2c1nc(C(=O)O)c(OCc1ccccc1)c2=O. The molecule has 2 heterocycles. The van der Waals surface area contributed by atoms with E-state index in [9.17, 15) is 14.7 Å². The van der Waals surface area contributed by atoms with Crippen LogP contribution >= 0.6 is 0 Å². The Labute approximate surface area is 138 Å². The molecule has 2 aromatic rings. The summed E-state index contributed by atoms with van der Waals surface area (Å²) in [4.78, 5) is 28.4. The number of nitrogens with zero attached hydrogens (tertiary/aromatic N) is 2. The molecule has 126 valence electrons. The van der Waals surface area contributed by atoms with Crippen molar-refractivity contribution in [2.75, 3.05) is 6.61 Å². The van der Waals surface area contributed by atoms with Crippen LogP contribution in [-0.4, -0.2) is 27.2 Å². The quantitative estimate of drug-likeness (QED) is 0.902. The Morgan fingerprint density at radius 2 is 2.17 bits per heavy atom. The number of carbonyl (C=O) groups is 1. The van der Waals surface area contributed by atoms with E-state index >= 15 is 0 Å². The van der Waals surface area contributed by atoms with Gasteiger partial charge in [0.25, 0.3) is 5.56 Å². The normalized spacial score (nSPS) is 16.5. The number of hydrogen-bond donors (Lipinski definition) is 1. The van der Waals surface area contributed by atoms with Gasteiger partial charge in [0.2, 0.25) is 5.75 Å². The summed E-state index contributed by atoms with van der Waals surface area (Å²) < 4.78 is 12.5. The van der Waals surface area contributed by atoms with E-state index in [0.29, 0.717) is 25.4 Å². The van der Waals surface area contributed by atoms with Crippen molar-refractivity contribution >= 4 is 5.97 Å². The third kappa shape index (κ3) is 3.03. The van der Waals surface area contributed by atoms with Crippen LogP contribution in [0.25, 0.3) is 0 Å². The Kier molecular flexibility index (Phi) is 4.61. The van der Waals surface area contributed by atoms with Crippen LogP contribution in [-0.2, 0) is 17.9 Å². The van der Waals surface area contributed by atoms with E-state index in [1.54, 1.807) is 0 Å². The van der Waals surface area contributed by atoms with Crippen molar-refractivity contribution in [2.24, 2.45) is 0 Å². The summed E-state index contributed by atoms with van der Waals surface area (Å²) in [5.74, 6) is -1.18. The van der Waals surface area contributed by atoms with Crippen LogP contribution in [0.5, 0.6) is 5.75 Å². The highest BCUT2D eigenvalue weighted by Crippen LogP contribution is 2.25. The van der Waals surface area contributed by atoms with Gasteiger partial charge in [-0.15, -0.1) is 0 Å². The minimum absolute atomic E-state index is 0.102. The standard InChI is InChI=1S/C17H18N2O5/c1-2-12-15-18-13(17(21)22)14(16(20)19(15)8-9-23-12)24-10-11-6-4-3-5-7-11/h3-7,12H,2,8-10H2,1H3,(H,21,22). The van der Waals surface area contributed by atoms with E-state index in [2.05, 4.69) is 4.98 Å². The predicted molar refractivity (Wildman–Crippen MR) is 85.2 cm³/mol. The van der Waals surface area contributed by atoms with E-state index in [1.165, 1.54) is 4.57 Å². The fraction of sp³-hybridized carbons (Fsp3) is 0.353.